The number of carbonyl (C=O) groups excluding carboxylic acids is 2. The zero-order valence-corrected chi connectivity index (χ0v) is 18.6. The standard InChI is InChI=1S/C24H33N5O2/c1-4-25-23(30)20-11-10-18(2)22(16-20)27-24(31)26-17-19(3)28-12-14-29(15-13-28)21-8-6-5-7-9-21/h5-11,16,19H,4,12-15,17H2,1-3H3,(H,25,30)(H2,26,27,31). The molecule has 1 fully saturated rings. The van der Waals surface area contributed by atoms with Gasteiger partial charge in [-0.3, -0.25) is 9.69 Å². The van der Waals surface area contributed by atoms with E-state index in [4.69, 9.17) is 0 Å². The summed E-state index contributed by atoms with van der Waals surface area (Å²) in [7, 11) is 0. The van der Waals surface area contributed by atoms with E-state index in [9.17, 15) is 9.59 Å². The molecule has 3 amide bonds. The lowest BCUT2D eigenvalue weighted by atomic mass is 10.1. The zero-order chi connectivity index (χ0) is 22.2. The molecule has 1 unspecified atom stereocenters. The molecule has 1 aliphatic rings. The number of aryl methyl sites for hydroxylation is 1. The Labute approximate surface area is 184 Å². The van der Waals surface area contributed by atoms with Crippen molar-refractivity contribution in [2.24, 2.45) is 0 Å². The first-order chi connectivity index (χ1) is 15.0. The van der Waals surface area contributed by atoms with Crippen molar-refractivity contribution in [3.8, 4) is 0 Å². The number of urea groups is 1. The highest BCUT2D eigenvalue weighted by Crippen LogP contribution is 2.18. The van der Waals surface area contributed by atoms with Gasteiger partial charge in [-0.15, -0.1) is 0 Å². The van der Waals surface area contributed by atoms with Gasteiger partial charge in [0, 0.05) is 62.2 Å². The van der Waals surface area contributed by atoms with Gasteiger partial charge in [-0.05, 0) is 50.6 Å². The molecule has 2 aromatic rings. The average molecular weight is 424 g/mol. The van der Waals surface area contributed by atoms with Crippen LogP contribution in [0.5, 0.6) is 0 Å². The number of para-hydroxylation sites is 1. The third-order valence-electron chi connectivity index (χ3n) is 5.70. The van der Waals surface area contributed by atoms with Crippen LogP contribution in [-0.4, -0.2) is 62.1 Å². The molecular formula is C24H33N5O2. The van der Waals surface area contributed by atoms with Crippen molar-refractivity contribution < 1.29 is 9.59 Å². The maximum atomic E-state index is 12.4. The topological polar surface area (TPSA) is 76.7 Å². The lowest BCUT2D eigenvalue weighted by Gasteiger charge is -2.39. The minimum Gasteiger partial charge on any atom is -0.369 e. The van der Waals surface area contributed by atoms with Gasteiger partial charge in [0.05, 0.1) is 0 Å². The quantitative estimate of drug-likeness (QED) is 0.640. The molecule has 1 atom stereocenters. The summed E-state index contributed by atoms with van der Waals surface area (Å²) in [5.41, 5.74) is 3.35. The number of anilines is 2. The number of nitrogens with one attached hydrogen (secondary N) is 3. The molecule has 0 spiro atoms. The number of benzene rings is 2. The van der Waals surface area contributed by atoms with Crippen molar-refractivity contribution >= 4 is 23.3 Å². The summed E-state index contributed by atoms with van der Waals surface area (Å²) in [6.07, 6.45) is 0. The fraction of sp³-hybridized carbons (Fsp3) is 0.417. The maximum absolute atomic E-state index is 12.4. The monoisotopic (exact) mass is 423 g/mol. The average Bonchev–Trinajstić information content (AvgIpc) is 2.79. The van der Waals surface area contributed by atoms with Crippen LogP contribution in [0.25, 0.3) is 0 Å². The highest BCUT2D eigenvalue weighted by atomic mass is 16.2. The Morgan fingerprint density at radius 2 is 1.71 bits per heavy atom. The molecule has 0 saturated carbocycles. The van der Waals surface area contributed by atoms with E-state index < -0.39 is 0 Å². The Balaban J connectivity index is 1.47. The zero-order valence-electron chi connectivity index (χ0n) is 18.6. The fourth-order valence-electron chi connectivity index (χ4n) is 3.76. The van der Waals surface area contributed by atoms with E-state index in [-0.39, 0.29) is 18.0 Å². The van der Waals surface area contributed by atoms with Gasteiger partial charge in [-0.1, -0.05) is 24.3 Å². The van der Waals surface area contributed by atoms with E-state index in [1.54, 1.807) is 12.1 Å². The molecule has 2 aromatic carbocycles. The number of piperazine rings is 1. The number of hydrogen-bond acceptors (Lipinski definition) is 4. The van der Waals surface area contributed by atoms with Crippen LogP contribution in [0, 0.1) is 6.92 Å². The van der Waals surface area contributed by atoms with Gasteiger partial charge in [-0.25, -0.2) is 4.79 Å². The summed E-state index contributed by atoms with van der Waals surface area (Å²) >= 11 is 0. The lowest BCUT2D eigenvalue weighted by Crippen LogP contribution is -2.52. The summed E-state index contributed by atoms with van der Waals surface area (Å²) in [5, 5.41) is 8.62. The van der Waals surface area contributed by atoms with Crippen LogP contribution in [0.4, 0.5) is 16.2 Å². The number of amides is 3. The van der Waals surface area contributed by atoms with Gasteiger partial charge < -0.3 is 20.9 Å². The van der Waals surface area contributed by atoms with Crippen LogP contribution < -0.4 is 20.9 Å². The van der Waals surface area contributed by atoms with Gasteiger partial charge in [0.15, 0.2) is 0 Å². The Kier molecular flexibility index (Phi) is 7.89. The summed E-state index contributed by atoms with van der Waals surface area (Å²) in [5.74, 6) is -0.144. The highest BCUT2D eigenvalue weighted by Gasteiger charge is 2.21. The summed E-state index contributed by atoms with van der Waals surface area (Å²) in [6.45, 7) is 10.9. The molecule has 7 heteroatoms. The summed E-state index contributed by atoms with van der Waals surface area (Å²) in [6, 6.07) is 15.8. The maximum Gasteiger partial charge on any atom is 0.319 e. The van der Waals surface area contributed by atoms with Crippen molar-refractivity contribution in [3.63, 3.8) is 0 Å². The summed E-state index contributed by atoms with van der Waals surface area (Å²) in [4.78, 5) is 29.3. The second-order valence-corrected chi connectivity index (χ2v) is 7.93. The molecule has 1 heterocycles. The molecule has 0 aliphatic carbocycles. The third-order valence-corrected chi connectivity index (χ3v) is 5.70. The Morgan fingerprint density at radius 1 is 1.00 bits per heavy atom. The molecule has 1 aliphatic heterocycles. The second-order valence-electron chi connectivity index (χ2n) is 7.93. The molecule has 0 bridgehead atoms. The molecule has 166 valence electrons. The molecule has 3 rings (SSSR count). The summed E-state index contributed by atoms with van der Waals surface area (Å²) < 4.78 is 0. The minimum absolute atomic E-state index is 0.144. The molecule has 7 nitrogen and oxygen atoms in total. The van der Waals surface area contributed by atoms with Crippen LogP contribution in [0.2, 0.25) is 0 Å². The van der Waals surface area contributed by atoms with Crippen LogP contribution in [0.3, 0.4) is 0 Å². The SMILES string of the molecule is CCNC(=O)c1ccc(C)c(NC(=O)NCC(C)N2CCN(c3ccccc3)CC2)c1. The third kappa shape index (κ3) is 6.21. The predicted molar refractivity (Wildman–Crippen MR) is 126 cm³/mol. The van der Waals surface area contributed by atoms with Crippen molar-refractivity contribution in [1.29, 1.82) is 0 Å². The van der Waals surface area contributed by atoms with Gasteiger partial charge in [0.1, 0.15) is 0 Å². The molecule has 0 radical (unpaired) electrons. The molecule has 3 N–H and O–H groups in total. The van der Waals surface area contributed by atoms with Gasteiger partial charge in [0.25, 0.3) is 5.91 Å². The first-order valence-electron chi connectivity index (χ1n) is 11.0. The first-order valence-corrected chi connectivity index (χ1v) is 11.0. The van der Waals surface area contributed by atoms with Crippen LogP contribution in [0.1, 0.15) is 29.8 Å². The van der Waals surface area contributed by atoms with Crippen molar-refractivity contribution in [3.05, 3.63) is 59.7 Å². The van der Waals surface area contributed by atoms with Gasteiger partial charge >= 0.3 is 6.03 Å². The van der Waals surface area contributed by atoms with E-state index in [0.29, 0.717) is 24.3 Å². The number of carbonyl (C=O) groups is 2. The minimum atomic E-state index is -0.258. The Bertz CT molecular complexity index is 879. The predicted octanol–water partition coefficient (Wildman–Crippen LogP) is 3.08. The highest BCUT2D eigenvalue weighted by molar-refractivity contribution is 5.97. The molecule has 31 heavy (non-hydrogen) atoms. The van der Waals surface area contributed by atoms with E-state index in [2.05, 4.69) is 56.9 Å². The number of hydrogen-bond donors (Lipinski definition) is 3. The first kappa shape index (κ1) is 22.6. The molecule has 0 aromatic heterocycles. The molecule has 1 saturated heterocycles. The van der Waals surface area contributed by atoms with Crippen LogP contribution in [0.15, 0.2) is 48.5 Å². The van der Waals surface area contributed by atoms with E-state index in [1.807, 2.05) is 26.0 Å². The van der Waals surface area contributed by atoms with Crippen molar-refractivity contribution in [2.75, 3.05) is 49.5 Å². The van der Waals surface area contributed by atoms with Crippen molar-refractivity contribution in [2.45, 2.75) is 26.8 Å². The van der Waals surface area contributed by atoms with Crippen molar-refractivity contribution in [1.82, 2.24) is 15.5 Å². The smallest absolute Gasteiger partial charge is 0.319 e. The van der Waals surface area contributed by atoms with E-state index in [1.165, 1.54) is 5.69 Å². The largest absolute Gasteiger partial charge is 0.369 e. The van der Waals surface area contributed by atoms with Crippen LogP contribution in [-0.2, 0) is 0 Å². The normalized spacial score (nSPS) is 15.3. The van der Waals surface area contributed by atoms with E-state index in [0.717, 1.165) is 31.7 Å². The molecular weight excluding hydrogens is 390 g/mol. The van der Waals surface area contributed by atoms with Gasteiger partial charge in [-0.2, -0.15) is 0 Å². The number of nitrogens with zero attached hydrogens (tertiary/aromatic N) is 2. The van der Waals surface area contributed by atoms with Gasteiger partial charge in [0.2, 0.25) is 0 Å². The second kappa shape index (κ2) is 10.8. The fourth-order valence-corrected chi connectivity index (χ4v) is 3.76. The Hall–Kier alpha value is -3.06. The lowest BCUT2D eigenvalue weighted by molar-refractivity contribution is 0.0956. The Morgan fingerprint density at radius 3 is 2.39 bits per heavy atom. The van der Waals surface area contributed by atoms with Crippen LogP contribution >= 0.6 is 0 Å². The van der Waals surface area contributed by atoms with E-state index >= 15 is 0 Å². The number of rotatable bonds is 7.